The number of ether oxygens (including phenoxy) is 1. The molecule has 90 valence electrons. The van der Waals surface area contributed by atoms with Crippen molar-refractivity contribution in [2.24, 2.45) is 5.84 Å². The topological polar surface area (TPSA) is 73.1 Å². The maximum Gasteiger partial charge on any atom is 0.222 e. The molecule has 1 heterocycles. The van der Waals surface area contributed by atoms with Crippen LogP contribution in [0, 0.1) is 0 Å². The van der Waals surface area contributed by atoms with Gasteiger partial charge in [-0.05, 0) is 12.3 Å². The summed E-state index contributed by atoms with van der Waals surface area (Å²) in [4.78, 5) is 8.23. The van der Waals surface area contributed by atoms with Crippen molar-refractivity contribution >= 4 is 5.82 Å². The number of rotatable bonds is 6. The largest absolute Gasteiger partial charge is 0.477 e. The van der Waals surface area contributed by atoms with E-state index in [-0.39, 0.29) is 5.92 Å². The SMILES string of the molecule is CCCCOc1ncnc(NN)c1C(C)C. The van der Waals surface area contributed by atoms with Gasteiger partial charge < -0.3 is 10.2 Å². The zero-order chi connectivity index (χ0) is 12.0. The van der Waals surface area contributed by atoms with E-state index in [0.29, 0.717) is 18.3 Å². The Morgan fingerprint density at radius 2 is 2.19 bits per heavy atom. The molecule has 16 heavy (non-hydrogen) atoms. The van der Waals surface area contributed by atoms with Gasteiger partial charge in [-0.15, -0.1) is 0 Å². The second kappa shape index (κ2) is 6.27. The number of nitrogens with one attached hydrogen (secondary N) is 1. The van der Waals surface area contributed by atoms with E-state index >= 15 is 0 Å². The van der Waals surface area contributed by atoms with Crippen LogP contribution in [0.25, 0.3) is 0 Å². The van der Waals surface area contributed by atoms with Gasteiger partial charge in [0.1, 0.15) is 6.33 Å². The highest BCUT2D eigenvalue weighted by Crippen LogP contribution is 2.29. The van der Waals surface area contributed by atoms with Crippen molar-refractivity contribution in [3.05, 3.63) is 11.9 Å². The fourth-order valence-corrected chi connectivity index (χ4v) is 1.44. The highest BCUT2D eigenvalue weighted by atomic mass is 16.5. The van der Waals surface area contributed by atoms with Crippen LogP contribution in [0.3, 0.4) is 0 Å². The Bertz CT molecular complexity index is 328. The predicted octanol–water partition coefficient (Wildman–Crippen LogP) is 2.06. The van der Waals surface area contributed by atoms with Gasteiger partial charge in [-0.1, -0.05) is 27.2 Å². The lowest BCUT2D eigenvalue weighted by molar-refractivity contribution is 0.293. The molecule has 0 saturated carbocycles. The fourth-order valence-electron chi connectivity index (χ4n) is 1.44. The minimum atomic E-state index is 0.267. The van der Waals surface area contributed by atoms with Crippen molar-refractivity contribution in [3.63, 3.8) is 0 Å². The summed E-state index contributed by atoms with van der Waals surface area (Å²) in [6, 6.07) is 0. The van der Waals surface area contributed by atoms with Gasteiger partial charge in [0.15, 0.2) is 5.82 Å². The van der Waals surface area contributed by atoms with E-state index in [1.807, 2.05) is 0 Å². The van der Waals surface area contributed by atoms with Crippen molar-refractivity contribution in [1.82, 2.24) is 9.97 Å². The maximum absolute atomic E-state index is 5.63. The Balaban J connectivity index is 2.89. The number of aromatic nitrogens is 2. The van der Waals surface area contributed by atoms with Crippen molar-refractivity contribution in [2.45, 2.75) is 39.5 Å². The third-order valence-electron chi connectivity index (χ3n) is 2.30. The van der Waals surface area contributed by atoms with E-state index in [2.05, 4.69) is 36.2 Å². The molecule has 3 N–H and O–H groups in total. The lowest BCUT2D eigenvalue weighted by atomic mass is 10.1. The summed E-state index contributed by atoms with van der Waals surface area (Å²) < 4.78 is 5.63. The van der Waals surface area contributed by atoms with E-state index in [0.717, 1.165) is 18.4 Å². The van der Waals surface area contributed by atoms with Crippen LogP contribution in [-0.4, -0.2) is 16.6 Å². The van der Waals surface area contributed by atoms with Crippen molar-refractivity contribution in [1.29, 1.82) is 0 Å². The average Bonchev–Trinajstić information content (AvgIpc) is 2.28. The molecule has 0 bridgehead atoms. The Hall–Kier alpha value is -1.36. The van der Waals surface area contributed by atoms with Crippen LogP contribution in [0.2, 0.25) is 0 Å². The molecule has 0 unspecified atom stereocenters. The molecule has 5 nitrogen and oxygen atoms in total. The first-order valence-corrected chi connectivity index (χ1v) is 5.65. The lowest BCUT2D eigenvalue weighted by Crippen LogP contribution is -2.14. The molecule has 0 atom stereocenters. The number of nitrogen functional groups attached to an aromatic ring is 1. The van der Waals surface area contributed by atoms with Crippen LogP contribution in [-0.2, 0) is 0 Å². The summed E-state index contributed by atoms with van der Waals surface area (Å²) in [6.07, 6.45) is 3.58. The van der Waals surface area contributed by atoms with Crippen molar-refractivity contribution in [3.8, 4) is 5.88 Å². The molecular formula is C11H20N4O. The van der Waals surface area contributed by atoms with Crippen LogP contribution >= 0.6 is 0 Å². The third kappa shape index (κ3) is 3.06. The number of anilines is 1. The molecule has 0 saturated heterocycles. The molecule has 0 fully saturated rings. The normalized spacial score (nSPS) is 10.6. The molecule has 0 amide bonds. The summed E-state index contributed by atoms with van der Waals surface area (Å²) in [5, 5.41) is 0. The zero-order valence-electron chi connectivity index (χ0n) is 10.2. The Morgan fingerprint density at radius 1 is 1.44 bits per heavy atom. The lowest BCUT2D eigenvalue weighted by Gasteiger charge is -2.15. The molecule has 0 aromatic carbocycles. The molecule has 1 rings (SSSR count). The molecular weight excluding hydrogens is 204 g/mol. The molecule has 0 aliphatic heterocycles. The van der Waals surface area contributed by atoms with Gasteiger partial charge in [0.25, 0.3) is 0 Å². The highest BCUT2D eigenvalue weighted by Gasteiger charge is 2.15. The molecule has 0 radical (unpaired) electrons. The van der Waals surface area contributed by atoms with E-state index in [9.17, 15) is 0 Å². The Kier molecular flexibility index (Phi) is 4.98. The number of nitrogens with two attached hydrogens (primary N) is 1. The molecule has 1 aromatic heterocycles. The fraction of sp³-hybridized carbons (Fsp3) is 0.636. The van der Waals surface area contributed by atoms with E-state index in [4.69, 9.17) is 10.6 Å². The van der Waals surface area contributed by atoms with Crippen molar-refractivity contribution in [2.75, 3.05) is 12.0 Å². The Morgan fingerprint density at radius 3 is 2.75 bits per heavy atom. The van der Waals surface area contributed by atoms with Gasteiger partial charge in [-0.3, -0.25) is 0 Å². The number of nitrogens with zero attached hydrogens (tertiary/aromatic N) is 2. The summed E-state index contributed by atoms with van der Waals surface area (Å²) in [6.45, 7) is 6.93. The van der Waals surface area contributed by atoms with E-state index in [1.165, 1.54) is 6.33 Å². The van der Waals surface area contributed by atoms with Crippen LogP contribution in [0.4, 0.5) is 5.82 Å². The first-order chi connectivity index (χ1) is 7.70. The zero-order valence-corrected chi connectivity index (χ0v) is 10.2. The third-order valence-corrected chi connectivity index (χ3v) is 2.30. The van der Waals surface area contributed by atoms with E-state index < -0.39 is 0 Å². The number of unbranched alkanes of at least 4 members (excludes halogenated alkanes) is 1. The van der Waals surface area contributed by atoms with Crippen LogP contribution < -0.4 is 16.0 Å². The van der Waals surface area contributed by atoms with Gasteiger partial charge in [0, 0.05) is 0 Å². The first-order valence-electron chi connectivity index (χ1n) is 5.65. The summed E-state index contributed by atoms with van der Waals surface area (Å²) in [7, 11) is 0. The minimum Gasteiger partial charge on any atom is -0.477 e. The summed E-state index contributed by atoms with van der Waals surface area (Å²) in [5.41, 5.74) is 3.51. The van der Waals surface area contributed by atoms with Gasteiger partial charge in [0.05, 0.1) is 12.2 Å². The van der Waals surface area contributed by atoms with Gasteiger partial charge in [-0.25, -0.2) is 15.8 Å². The smallest absolute Gasteiger partial charge is 0.222 e. The monoisotopic (exact) mass is 224 g/mol. The quantitative estimate of drug-likeness (QED) is 0.439. The molecule has 0 aliphatic carbocycles. The summed E-state index contributed by atoms with van der Waals surface area (Å²) >= 11 is 0. The Labute approximate surface area is 96.4 Å². The predicted molar refractivity (Wildman–Crippen MR) is 64.3 cm³/mol. The summed E-state index contributed by atoms with van der Waals surface area (Å²) in [5.74, 6) is 6.95. The molecule has 0 aliphatic rings. The first kappa shape index (κ1) is 12.7. The number of hydrogen-bond donors (Lipinski definition) is 2. The van der Waals surface area contributed by atoms with Crippen LogP contribution in [0.5, 0.6) is 5.88 Å². The van der Waals surface area contributed by atoms with Gasteiger partial charge in [0.2, 0.25) is 5.88 Å². The minimum absolute atomic E-state index is 0.267. The highest BCUT2D eigenvalue weighted by molar-refractivity contribution is 5.49. The van der Waals surface area contributed by atoms with Crippen LogP contribution in [0.15, 0.2) is 6.33 Å². The van der Waals surface area contributed by atoms with Gasteiger partial charge in [-0.2, -0.15) is 0 Å². The molecule has 5 heteroatoms. The standard InChI is InChI=1S/C11H20N4O/c1-4-5-6-16-11-9(8(2)3)10(15-12)13-7-14-11/h7-8H,4-6,12H2,1-3H3,(H,13,14,15). The number of hydrogen-bond acceptors (Lipinski definition) is 5. The maximum atomic E-state index is 5.63. The van der Waals surface area contributed by atoms with Crippen LogP contribution in [0.1, 0.15) is 45.1 Å². The second-order valence-electron chi connectivity index (χ2n) is 3.94. The van der Waals surface area contributed by atoms with Gasteiger partial charge >= 0.3 is 0 Å². The molecule has 1 aromatic rings. The second-order valence-corrected chi connectivity index (χ2v) is 3.94. The number of hydrazine groups is 1. The van der Waals surface area contributed by atoms with E-state index in [1.54, 1.807) is 0 Å². The van der Waals surface area contributed by atoms with Crippen molar-refractivity contribution < 1.29 is 4.74 Å². The average molecular weight is 224 g/mol. The molecule has 0 spiro atoms.